The third-order valence-corrected chi connectivity index (χ3v) is 4.42. The zero-order valence-electron chi connectivity index (χ0n) is 12.5. The molecule has 3 aromatic rings. The monoisotopic (exact) mass is 290 g/mol. The van der Waals surface area contributed by atoms with Crippen LogP contribution in [0.25, 0.3) is 22.0 Å². The fraction of sp³-hybridized carbons (Fsp3) is 0.263. The third kappa shape index (κ3) is 2.23. The number of nitrogens with zero attached hydrogens (tertiary/aromatic N) is 2. The summed E-state index contributed by atoms with van der Waals surface area (Å²) in [4.78, 5) is 17.5. The lowest BCUT2D eigenvalue weighted by Crippen LogP contribution is -2.24. The molecule has 0 unspecified atom stereocenters. The van der Waals surface area contributed by atoms with Gasteiger partial charge in [-0.15, -0.1) is 0 Å². The molecule has 3 heteroatoms. The fourth-order valence-corrected chi connectivity index (χ4v) is 3.23. The van der Waals surface area contributed by atoms with E-state index in [1.165, 1.54) is 6.42 Å². The Morgan fingerprint density at radius 1 is 0.909 bits per heavy atom. The summed E-state index contributed by atoms with van der Waals surface area (Å²) in [6.07, 6.45) is 4.27. The number of hydrogen-bond donors (Lipinski definition) is 0. The maximum Gasteiger partial charge on any atom is 0.261 e. The Balaban J connectivity index is 1.92. The van der Waals surface area contributed by atoms with Crippen LogP contribution in [0.5, 0.6) is 0 Å². The summed E-state index contributed by atoms with van der Waals surface area (Å²) in [6.45, 7) is 0.803. The summed E-state index contributed by atoms with van der Waals surface area (Å²) in [5, 5.41) is 0.727. The second-order valence-electron chi connectivity index (χ2n) is 5.89. The highest BCUT2D eigenvalue weighted by atomic mass is 16.1. The quantitative estimate of drug-likeness (QED) is 0.683. The number of aryl methyl sites for hydroxylation is 1. The minimum Gasteiger partial charge on any atom is -0.296 e. The van der Waals surface area contributed by atoms with E-state index in [1.807, 2.05) is 41.0 Å². The Morgan fingerprint density at radius 2 is 1.77 bits per heavy atom. The van der Waals surface area contributed by atoms with Gasteiger partial charge in [-0.25, -0.2) is 4.98 Å². The molecule has 3 nitrogen and oxygen atoms in total. The molecule has 0 fully saturated rings. The van der Waals surface area contributed by atoms with Crippen LogP contribution >= 0.6 is 0 Å². The third-order valence-electron chi connectivity index (χ3n) is 4.42. The molecule has 0 saturated heterocycles. The van der Waals surface area contributed by atoms with Gasteiger partial charge in [-0.2, -0.15) is 0 Å². The summed E-state index contributed by atoms with van der Waals surface area (Å²) in [5.74, 6) is 0.945. The van der Waals surface area contributed by atoms with Crippen LogP contribution in [0.4, 0.5) is 0 Å². The highest BCUT2D eigenvalue weighted by molar-refractivity contribution is 5.83. The van der Waals surface area contributed by atoms with Crippen LogP contribution in [-0.4, -0.2) is 9.55 Å². The van der Waals surface area contributed by atoms with Crippen molar-refractivity contribution in [3.8, 4) is 11.1 Å². The minimum atomic E-state index is 0.113. The molecule has 1 aromatic heterocycles. The molecule has 0 N–H and O–H groups in total. The van der Waals surface area contributed by atoms with Gasteiger partial charge in [0.05, 0.1) is 10.9 Å². The van der Waals surface area contributed by atoms with Crippen molar-refractivity contribution in [2.45, 2.75) is 32.2 Å². The zero-order valence-corrected chi connectivity index (χ0v) is 12.5. The molecule has 1 aliphatic rings. The molecule has 0 spiro atoms. The van der Waals surface area contributed by atoms with E-state index in [0.717, 1.165) is 53.7 Å². The summed E-state index contributed by atoms with van der Waals surface area (Å²) in [6, 6.07) is 16.2. The number of fused-ring (bicyclic) bond motifs is 2. The van der Waals surface area contributed by atoms with E-state index in [2.05, 4.69) is 12.1 Å². The van der Waals surface area contributed by atoms with Crippen LogP contribution in [0.3, 0.4) is 0 Å². The summed E-state index contributed by atoms with van der Waals surface area (Å²) in [7, 11) is 0. The zero-order chi connectivity index (χ0) is 14.9. The molecule has 0 atom stereocenters. The van der Waals surface area contributed by atoms with Crippen molar-refractivity contribution in [2.75, 3.05) is 0 Å². The normalized spacial score (nSPS) is 14.5. The predicted molar refractivity (Wildman–Crippen MR) is 89.0 cm³/mol. The Hall–Kier alpha value is -2.42. The molecule has 2 aromatic carbocycles. The van der Waals surface area contributed by atoms with Gasteiger partial charge in [0.25, 0.3) is 5.56 Å². The molecule has 110 valence electrons. The largest absolute Gasteiger partial charge is 0.296 e. The van der Waals surface area contributed by atoms with E-state index in [0.29, 0.717) is 0 Å². The van der Waals surface area contributed by atoms with E-state index in [9.17, 15) is 4.79 Å². The molecule has 0 aliphatic carbocycles. The highest BCUT2D eigenvalue weighted by Gasteiger charge is 2.14. The second kappa shape index (κ2) is 5.41. The van der Waals surface area contributed by atoms with Crippen molar-refractivity contribution in [3.05, 3.63) is 64.7 Å². The number of aromatic nitrogens is 2. The van der Waals surface area contributed by atoms with Gasteiger partial charge < -0.3 is 0 Å². The summed E-state index contributed by atoms with van der Waals surface area (Å²) >= 11 is 0. The Kier molecular flexibility index (Phi) is 3.26. The van der Waals surface area contributed by atoms with E-state index in [4.69, 9.17) is 4.98 Å². The molecule has 0 radical (unpaired) electrons. The van der Waals surface area contributed by atoms with Gasteiger partial charge in [-0.3, -0.25) is 9.36 Å². The van der Waals surface area contributed by atoms with E-state index < -0.39 is 0 Å². The van der Waals surface area contributed by atoms with Crippen LogP contribution in [0.1, 0.15) is 25.1 Å². The van der Waals surface area contributed by atoms with E-state index >= 15 is 0 Å². The topological polar surface area (TPSA) is 34.9 Å². The first-order chi connectivity index (χ1) is 10.8. The molecule has 4 rings (SSSR count). The van der Waals surface area contributed by atoms with Gasteiger partial charge >= 0.3 is 0 Å². The lowest BCUT2D eigenvalue weighted by molar-refractivity contribution is 0.614. The molecule has 22 heavy (non-hydrogen) atoms. The summed E-state index contributed by atoms with van der Waals surface area (Å²) in [5.41, 5.74) is 3.20. The maximum atomic E-state index is 12.7. The lowest BCUT2D eigenvalue weighted by Gasteiger charge is -2.11. The number of rotatable bonds is 1. The van der Waals surface area contributed by atoms with Gasteiger partial charge in [-0.05, 0) is 36.1 Å². The first kappa shape index (κ1) is 13.3. The number of hydrogen-bond acceptors (Lipinski definition) is 2. The molecule has 0 saturated carbocycles. The van der Waals surface area contributed by atoms with Crippen LogP contribution in [0.2, 0.25) is 0 Å². The van der Waals surface area contributed by atoms with Crippen molar-refractivity contribution < 1.29 is 0 Å². The van der Waals surface area contributed by atoms with Gasteiger partial charge in [-0.1, -0.05) is 42.8 Å². The fourth-order valence-electron chi connectivity index (χ4n) is 3.23. The Labute approximate surface area is 129 Å². The molecule has 0 amide bonds. The Bertz CT molecular complexity index is 881. The minimum absolute atomic E-state index is 0.113. The number of benzene rings is 2. The van der Waals surface area contributed by atoms with E-state index in [1.54, 1.807) is 0 Å². The van der Waals surface area contributed by atoms with Crippen LogP contribution in [0.15, 0.2) is 53.3 Å². The van der Waals surface area contributed by atoms with E-state index in [-0.39, 0.29) is 5.56 Å². The van der Waals surface area contributed by atoms with Crippen molar-refractivity contribution in [1.82, 2.24) is 9.55 Å². The van der Waals surface area contributed by atoms with Crippen molar-refractivity contribution in [1.29, 1.82) is 0 Å². The molecule has 0 bridgehead atoms. The first-order valence-corrected chi connectivity index (χ1v) is 7.92. The summed E-state index contributed by atoms with van der Waals surface area (Å²) < 4.78 is 1.87. The standard InChI is InChI=1S/C19H18N2O/c22-19-16-11-10-15(14-7-3-1-4-8-14)13-17(16)20-18-9-5-2-6-12-21(18)19/h1,3-4,7-8,10-11,13H,2,5-6,9,12H2. The van der Waals surface area contributed by atoms with Gasteiger partial charge in [0, 0.05) is 13.0 Å². The predicted octanol–water partition coefficient (Wildman–Crippen LogP) is 3.79. The first-order valence-electron chi connectivity index (χ1n) is 7.92. The lowest BCUT2D eigenvalue weighted by atomic mass is 10.0. The van der Waals surface area contributed by atoms with Gasteiger partial charge in [0.1, 0.15) is 5.82 Å². The maximum absolute atomic E-state index is 12.7. The van der Waals surface area contributed by atoms with Gasteiger partial charge in [0.2, 0.25) is 0 Å². The smallest absolute Gasteiger partial charge is 0.261 e. The molecule has 1 aliphatic heterocycles. The molecular formula is C19H18N2O. The molecular weight excluding hydrogens is 272 g/mol. The highest BCUT2D eigenvalue weighted by Crippen LogP contribution is 2.23. The second-order valence-corrected chi connectivity index (χ2v) is 5.89. The van der Waals surface area contributed by atoms with Crippen molar-refractivity contribution in [3.63, 3.8) is 0 Å². The average Bonchev–Trinajstić information content (AvgIpc) is 2.81. The van der Waals surface area contributed by atoms with Crippen LogP contribution in [-0.2, 0) is 13.0 Å². The van der Waals surface area contributed by atoms with Crippen LogP contribution < -0.4 is 5.56 Å². The SMILES string of the molecule is O=c1c2ccc(-c3ccccc3)cc2nc2n1CCCCC2. The van der Waals surface area contributed by atoms with Gasteiger partial charge in [0.15, 0.2) is 0 Å². The Morgan fingerprint density at radius 3 is 2.64 bits per heavy atom. The van der Waals surface area contributed by atoms with Crippen molar-refractivity contribution >= 4 is 10.9 Å². The van der Waals surface area contributed by atoms with Crippen molar-refractivity contribution in [2.24, 2.45) is 0 Å². The molecule has 2 heterocycles. The van der Waals surface area contributed by atoms with Crippen LogP contribution in [0, 0.1) is 0 Å². The average molecular weight is 290 g/mol.